The number of benzene rings is 2. The molecule has 0 bridgehead atoms. The van der Waals surface area contributed by atoms with Crippen LogP contribution in [-0.4, -0.2) is 36.3 Å². The molecule has 0 aromatic heterocycles. The molecule has 1 saturated heterocycles. The van der Waals surface area contributed by atoms with Crippen molar-refractivity contribution in [2.24, 2.45) is 5.92 Å². The summed E-state index contributed by atoms with van der Waals surface area (Å²) < 4.78 is 12.9. The first-order chi connectivity index (χ1) is 12.6. The molecule has 2 aromatic rings. The van der Waals surface area contributed by atoms with Crippen LogP contribution in [0.2, 0.25) is 0 Å². The molecule has 1 aliphatic heterocycles. The Kier molecular flexibility index (Phi) is 6.00. The van der Waals surface area contributed by atoms with Crippen molar-refractivity contribution in [3.05, 3.63) is 71.5 Å². The molecule has 2 aromatic carbocycles. The van der Waals surface area contributed by atoms with Crippen molar-refractivity contribution in [1.29, 1.82) is 0 Å². The Hall–Kier alpha value is -2.69. The van der Waals surface area contributed by atoms with Gasteiger partial charge in [-0.2, -0.15) is 0 Å². The standard InChI is InChI=1S/C21H23FN2O2/c22-19-8-6-18(7-9-19)21(26)23-15-20(25)24-12-10-17(11-13-24)14-16-4-2-1-3-5-16/h1-9,17H,10-15H2,(H,23,26). The third-order valence-corrected chi connectivity index (χ3v) is 4.84. The zero-order chi connectivity index (χ0) is 18.4. The lowest BCUT2D eigenvalue weighted by Crippen LogP contribution is -2.44. The summed E-state index contributed by atoms with van der Waals surface area (Å²) in [4.78, 5) is 26.1. The summed E-state index contributed by atoms with van der Waals surface area (Å²) >= 11 is 0. The number of amides is 2. The van der Waals surface area contributed by atoms with Crippen LogP contribution in [0.3, 0.4) is 0 Å². The lowest BCUT2D eigenvalue weighted by atomic mass is 9.90. The van der Waals surface area contributed by atoms with E-state index in [4.69, 9.17) is 0 Å². The van der Waals surface area contributed by atoms with E-state index >= 15 is 0 Å². The van der Waals surface area contributed by atoms with E-state index in [1.807, 2.05) is 11.0 Å². The van der Waals surface area contributed by atoms with E-state index in [2.05, 4.69) is 29.6 Å². The molecule has 0 radical (unpaired) electrons. The fourth-order valence-corrected chi connectivity index (χ4v) is 3.30. The van der Waals surface area contributed by atoms with Crippen molar-refractivity contribution in [1.82, 2.24) is 10.2 Å². The molecule has 1 aliphatic rings. The molecule has 4 nitrogen and oxygen atoms in total. The molecule has 0 saturated carbocycles. The van der Waals surface area contributed by atoms with Gasteiger partial charge in [0, 0.05) is 18.7 Å². The van der Waals surface area contributed by atoms with Crippen LogP contribution < -0.4 is 5.32 Å². The van der Waals surface area contributed by atoms with Gasteiger partial charge in [-0.25, -0.2) is 4.39 Å². The second-order valence-electron chi connectivity index (χ2n) is 6.70. The third kappa shape index (κ3) is 4.91. The lowest BCUT2D eigenvalue weighted by Gasteiger charge is -2.32. The summed E-state index contributed by atoms with van der Waals surface area (Å²) in [5.74, 6) is -0.234. The van der Waals surface area contributed by atoms with Gasteiger partial charge in [0.1, 0.15) is 5.82 Å². The summed E-state index contributed by atoms with van der Waals surface area (Å²) in [6, 6.07) is 15.7. The third-order valence-electron chi connectivity index (χ3n) is 4.84. The molecular weight excluding hydrogens is 331 g/mol. The van der Waals surface area contributed by atoms with Gasteiger partial charge < -0.3 is 10.2 Å². The highest BCUT2D eigenvalue weighted by Crippen LogP contribution is 2.21. The van der Waals surface area contributed by atoms with Crippen molar-refractivity contribution in [3.63, 3.8) is 0 Å². The first-order valence-electron chi connectivity index (χ1n) is 8.97. The Labute approximate surface area is 153 Å². The minimum absolute atomic E-state index is 0.0282. The highest BCUT2D eigenvalue weighted by Gasteiger charge is 2.23. The molecule has 3 rings (SSSR count). The smallest absolute Gasteiger partial charge is 0.251 e. The van der Waals surface area contributed by atoms with Gasteiger partial charge in [0.2, 0.25) is 5.91 Å². The highest BCUT2D eigenvalue weighted by molar-refractivity contribution is 5.96. The Bertz CT molecular complexity index is 738. The monoisotopic (exact) mass is 354 g/mol. The molecule has 26 heavy (non-hydrogen) atoms. The SMILES string of the molecule is O=C(NCC(=O)N1CCC(Cc2ccccc2)CC1)c1ccc(F)cc1. The van der Waals surface area contributed by atoms with Gasteiger partial charge in [-0.3, -0.25) is 9.59 Å². The van der Waals surface area contributed by atoms with E-state index in [1.165, 1.54) is 29.8 Å². The van der Waals surface area contributed by atoms with E-state index in [0.29, 0.717) is 11.5 Å². The molecule has 0 atom stereocenters. The molecule has 0 spiro atoms. The lowest BCUT2D eigenvalue weighted by molar-refractivity contribution is -0.131. The predicted octanol–water partition coefficient (Wildman–Crippen LogP) is 3.04. The number of carbonyl (C=O) groups excluding carboxylic acids is 2. The number of hydrogen-bond acceptors (Lipinski definition) is 2. The van der Waals surface area contributed by atoms with Gasteiger partial charge in [-0.15, -0.1) is 0 Å². The summed E-state index contributed by atoms with van der Waals surface area (Å²) in [6.07, 6.45) is 3.00. The zero-order valence-electron chi connectivity index (χ0n) is 14.7. The molecule has 5 heteroatoms. The number of nitrogens with zero attached hydrogens (tertiary/aromatic N) is 1. The van der Waals surface area contributed by atoms with Crippen LogP contribution in [0.15, 0.2) is 54.6 Å². The van der Waals surface area contributed by atoms with Crippen molar-refractivity contribution in [3.8, 4) is 0 Å². The zero-order valence-corrected chi connectivity index (χ0v) is 14.7. The van der Waals surface area contributed by atoms with Gasteiger partial charge in [-0.05, 0) is 55.0 Å². The van der Waals surface area contributed by atoms with Gasteiger partial charge in [0.15, 0.2) is 0 Å². The Morgan fingerprint density at radius 3 is 2.31 bits per heavy atom. The normalized spacial score (nSPS) is 14.9. The molecule has 1 heterocycles. The Morgan fingerprint density at radius 1 is 1.00 bits per heavy atom. The number of piperidine rings is 1. The van der Waals surface area contributed by atoms with Gasteiger partial charge in [-0.1, -0.05) is 30.3 Å². The number of hydrogen-bond donors (Lipinski definition) is 1. The van der Waals surface area contributed by atoms with Crippen LogP contribution in [0.4, 0.5) is 4.39 Å². The molecule has 1 N–H and O–H groups in total. The van der Waals surface area contributed by atoms with E-state index in [9.17, 15) is 14.0 Å². The predicted molar refractivity (Wildman–Crippen MR) is 98.2 cm³/mol. The molecular formula is C21H23FN2O2. The maximum absolute atomic E-state index is 12.9. The molecule has 2 amide bonds. The quantitative estimate of drug-likeness (QED) is 0.897. The molecule has 0 aliphatic carbocycles. The van der Waals surface area contributed by atoms with Crippen molar-refractivity contribution >= 4 is 11.8 Å². The molecule has 136 valence electrons. The Balaban J connectivity index is 1.42. The first kappa shape index (κ1) is 18.1. The number of carbonyl (C=O) groups is 2. The van der Waals surface area contributed by atoms with E-state index in [1.54, 1.807) is 0 Å². The first-order valence-corrected chi connectivity index (χ1v) is 8.97. The van der Waals surface area contributed by atoms with E-state index < -0.39 is 5.82 Å². The average Bonchev–Trinajstić information content (AvgIpc) is 2.68. The van der Waals surface area contributed by atoms with Crippen molar-refractivity contribution in [2.75, 3.05) is 19.6 Å². The largest absolute Gasteiger partial charge is 0.343 e. The van der Waals surface area contributed by atoms with E-state index in [-0.39, 0.29) is 18.4 Å². The van der Waals surface area contributed by atoms with Crippen molar-refractivity contribution in [2.45, 2.75) is 19.3 Å². The Morgan fingerprint density at radius 2 is 1.65 bits per heavy atom. The fraction of sp³-hybridized carbons (Fsp3) is 0.333. The second kappa shape index (κ2) is 8.61. The fourth-order valence-electron chi connectivity index (χ4n) is 3.30. The van der Waals surface area contributed by atoms with Crippen LogP contribution in [0.25, 0.3) is 0 Å². The van der Waals surface area contributed by atoms with Gasteiger partial charge in [0.05, 0.1) is 6.54 Å². The number of likely N-dealkylation sites (tertiary alicyclic amines) is 1. The second-order valence-corrected chi connectivity index (χ2v) is 6.70. The number of halogens is 1. The van der Waals surface area contributed by atoms with Gasteiger partial charge >= 0.3 is 0 Å². The average molecular weight is 354 g/mol. The van der Waals surface area contributed by atoms with Crippen LogP contribution in [0.1, 0.15) is 28.8 Å². The summed E-state index contributed by atoms with van der Waals surface area (Å²) in [6.45, 7) is 1.42. The topological polar surface area (TPSA) is 49.4 Å². The van der Waals surface area contributed by atoms with Crippen LogP contribution >= 0.6 is 0 Å². The van der Waals surface area contributed by atoms with E-state index in [0.717, 1.165) is 32.4 Å². The summed E-state index contributed by atoms with van der Waals surface area (Å²) in [5.41, 5.74) is 1.68. The molecule has 1 fully saturated rings. The maximum Gasteiger partial charge on any atom is 0.251 e. The van der Waals surface area contributed by atoms with Crippen LogP contribution in [0.5, 0.6) is 0 Å². The minimum atomic E-state index is -0.393. The van der Waals surface area contributed by atoms with Gasteiger partial charge in [0.25, 0.3) is 5.91 Å². The van der Waals surface area contributed by atoms with Crippen LogP contribution in [0, 0.1) is 11.7 Å². The van der Waals surface area contributed by atoms with Crippen molar-refractivity contribution < 1.29 is 14.0 Å². The summed E-state index contributed by atoms with van der Waals surface area (Å²) in [5, 5.41) is 2.61. The highest BCUT2D eigenvalue weighted by atomic mass is 19.1. The maximum atomic E-state index is 12.9. The minimum Gasteiger partial charge on any atom is -0.343 e. The van der Waals surface area contributed by atoms with Crippen LogP contribution in [-0.2, 0) is 11.2 Å². The summed E-state index contributed by atoms with van der Waals surface area (Å²) in [7, 11) is 0. The number of rotatable bonds is 5. The molecule has 0 unspecified atom stereocenters. The number of nitrogens with one attached hydrogen (secondary N) is 1.